The van der Waals surface area contributed by atoms with Gasteiger partial charge in [-0.15, -0.1) is 0 Å². The number of carbonyl (C=O) groups is 2. The molecule has 1 heterocycles. The van der Waals surface area contributed by atoms with Gasteiger partial charge in [0.1, 0.15) is 17.2 Å². The Bertz CT molecular complexity index is 880. The van der Waals surface area contributed by atoms with Gasteiger partial charge in [-0.05, 0) is 37.5 Å². The van der Waals surface area contributed by atoms with E-state index in [-0.39, 0.29) is 17.4 Å². The minimum absolute atomic E-state index is 0.0402. The standard InChI is InChI=1S/C17H16FN3O4/c18-12-3-1-2-4-14(12)21-15(22)8-7-13(20-21)16(23)19-11-6-5-10(9-11)17(24)25/h1-4,7-8,10-11H,5-6,9H2,(H,19,23)(H,24,25)/t10-,11+/m0/s1. The fourth-order valence-electron chi connectivity index (χ4n) is 2.92. The fourth-order valence-corrected chi connectivity index (χ4v) is 2.92. The maximum Gasteiger partial charge on any atom is 0.306 e. The molecule has 0 radical (unpaired) electrons. The number of aliphatic carboxylic acids is 1. The van der Waals surface area contributed by atoms with Gasteiger partial charge in [0.2, 0.25) is 0 Å². The maximum atomic E-state index is 13.9. The Hall–Kier alpha value is -3.03. The number of halogens is 1. The third-order valence-electron chi connectivity index (χ3n) is 4.23. The fraction of sp³-hybridized carbons (Fsp3) is 0.294. The molecule has 2 N–H and O–H groups in total. The Morgan fingerprint density at radius 3 is 2.64 bits per heavy atom. The molecule has 0 bridgehead atoms. The lowest BCUT2D eigenvalue weighted by molar-refractivity contribution is -0.141. The van der Waals surface area contributed by atoms with E-state index in [0.29, 0.717) is 19.3 Å². The number of nitrogens with one attached hydrogen (secondary N) is 1. The summed E-state index contributed by atoms with van der Waals surface area (Å²) in [7, 11) is 0. The molecule has 2 aromatic rings. The summed E-state index contributed by atoms with van der Waals surface area (Å²) >= 11 is 0. The molecule has 3 rings (SSSR count). The van der Waals surface area contributed by atoms with Crippen molar-refractivity contribution >= 4 is 11.9 Å². The molecule has 7 nitrogen and oxygen atoms in total. The Balaban J connectivity index is 1.81. The van der Waals surface area contributed by atoms with Crippen LogP contribution in [0.5, 0.6) is 0 Å². The van der Waals surface area contributed by atoms with E-state index in [4.69, 9.17) is 5.11 Å². The summed E-state index contributed by atoms with van der Waals surface area (Å²) in [5, 5.41) is 15.7. The van der Waals surface area contributed by atoms with Crippen molar-refractivity contribution in [1.82, 2.24) is 15.1 Å². The van der Waals surface area contributed by atoms with Crippen molar-refractivity contribution in [3.63, 3.8) is 0 Å². The van der Waals surface area contributed by atoms with Crippen molar-refractivity contribution in [1.29, 1.82) is 0 Å². The van der Waals surface area contributed by atoms with E-state index in [1.54, 1.807) is 6.07 Å². The van der Waals surface area contributed by atoms with Gasteiger partial charge >= 0.3 is 5.97 Å². The van der Waals surface area contributed by atoms with Crippen molar-refractivity contribution in [3.8, 4) is 5.69 Å². The Morgan fingerprint density at radius 2 is 1.96 bits per heavy atom. The molecule has 1 aliphatic carbocycles. The predicted molar refractivity (Wildman–Crippen MR) is 86.0 cm³/mol. The van der Waals surface area contributed by atoms with Crippen LogP contribution in [0.4, 0.5) is 4.39 Å². The summed E-state index contributed by atoms with van der Waals surface area (Å²) in [5.74, 6) is -2.50. The van der Waals surface area contributed by atoms with Crippen LogP contribution < -0.4 is 10.9 Å². The van der Waals surface area contributed by atoms with Crippen LogP contribution >= 0.6 is 0 Å². The van der Waals surface area contributed by atoms with Crippen LogP contribution in [0.15, 0.2) is 41.2 Å². The molecule has 1 aliphatic rings. The highest BCUT2D eigenvalue weighted by molar-refractivity contribution is 5.92. The number of hydrogen-bond donors (Lipinski definition) is 2. The Morgan fingerprint density at radius 1 is 1.20 bits per heavy atom. The number of benzene rings is 1. The number of carboxylic acids is 1. The number of hydrogen-bond acceptors (Lipinski definition) is 4. The van der Waals surface area contributed by atoms with Gasteiger partial charge in [-0.25, -0.2) is 4.39 Å². The highest BCUT2D eigenvalue weighted by Crippen LogP contribution is 2.25. The molecule has 0 saturated heterocycles. The molecule has 1 saturated carbocycles. The van der Waals surface area contributed by atoms with Crippen LogP contribution in [0.1, 0.15) is 29.8 Å². The molecular weight excluding hydrogens is 329 g/mol. The van der Waals surface area contributed by atoms with Gasteiger partial charge in [-0.3, -0.25) is 14.4 Å². The van der Waals surface area contributed by atoms with Crippen molar-refractivity contribution in [2.45, 2.75) is 25.3 Å². The van der Waals surface area contributed by atoms with Crippen LogP contribution in [-0.4, -0.2) is 32.8 Å². The number of para-hydroxylation sites is 1. The summed E-state index contributed by atoms with van der Waals surface area (Å²) in [6.45, 7) is 0. The van der Waals surface area contributed by atoms with Gasteiger partial charge in [-0.2, -0.15) is 9.78 Å². The lowest BCUT2D eigenvalue weighted by Gasteiger charge is -2.13. The number of carboxylic acid groups (broad SMARTS) is 1. The van der Waals surface area contributed by atoms with Gasteiger partial charge in [0.15, 0.2) is 0 Å². The number of amides is 1. The Labute approximate surface area is 142 Å². The first-order valence-corrected chi connectivity index (χ1v) is 7.84. The second kappa shape index (κ2) is 6.84. The second-order valence-corrected chi connectivity index (χ2v) is 5.94. The third kappa shape index (κ3) is 3.57. The van der Waals surface area contributed by atoms with Gasteiger partial charge in [0, 0.05) is 12.1 Å². The third-order valence-corrected chi connectivity index (χ3v) is 4.23. The topological polar surface area (TPSA) is 101 Å². The zero-order valence-electron chi connectivity index (χ0n) is 13.2. The SMILES string of the molecule is O=C(N[C@@H]1CC[C@H](C(=O)O)C1)c1ccc(=O)n(-c2ccccc2F)n1. The van der Waals surface area contributed by atoms with Gasteiger partial charge in [-0.1, -0.05) is 12.1 Å². The highest BCUT2D eigenvalue weighted by Gasteiger charge is 2.31. The summed E-state index contributed by atoms with van der Waals surface area (Å²) in [6, 6.07) is 7.77. The molecule has 130 valence electrons. The second-order valence-electron chi connectivity index (χ2n) is 5.94. The van der Waals surface area contributed by atoms with Crippen LogP contribution in [0.3, 0.4) is 0 Å². The summed E-state index contributed by atoms with van der Waals surface area (Å²) < 4.78 is 14.7. The van der Waals surface area contributed by atoms with E-state index in [9.17, 15) is 18.8 Å². The van der Waals surface area contributed by atoms with E-state index in [1.807, 2.05) is 0 Å². The van der Waals surface area contributed by atoms with Crippen molar-refractivity contribution in [2.75, 3.05) is 0 Å². The lowest BCUT2D eigenvalue weighted by Crippen LogP contribution is -2.35. The number of carbonyl (C=O) groups excluding carboxylic acids is 1. The quantitative estimate of drug-likeness (QED) is 0.871. The average molecular weight is 345 g/mol. The predicted octanol–water partition coefficient (Wildman–Crippen LogP) is 1.35. The first kappa shape index (κ1) is 16.8. The van der Waals surface area contributed by atoms with Crippen molar-refractivity contribution in [2.24, 2.45) is 5.92 Å². The molecule has 25 heavy (non-hydrogen) atoms. The molecule has 8 heteroatoms. The molecule has 1 aromatic carbocycles. The highest BCUT2D eigenvalue weighted by atomic mass is 19.1. The average Bonchev–Trinajstić information content (AvgIpc) is 3.05. The van der Waals surface area contributed by atoms with E-state index in [0.717, 1.165) is 10.7 Å². The summed E-state index contributed by atoms with van der Waals surface area (Å²) in [5.41, 5.74) is -0.649. The van der Waals surface area contributed by atoms with Crippen LogP contribution in [0, 0.1) is 11.7 Å². The zero-order valence-corrected chi connectivity index (χ0v) is 13.2. The number of rotatable bonds is 4. The van der Waals surface area contributed by atoms with Crippen LogP contribution in [0.25, 0.3) is 5.69 Å². The summed E-state index contributed by atoms with van der Waals surface area (Å²) in [4.78, 5) is 35.2. The minimum atomic E-state index is -0.872. The molecule has 0 spiro atoms. The first-order valence-electron chi connectivity index (χ1n) is 7.84. The largest absolute Gasteiger partial charge is 0.481 e. The van der Waals surface area contributed by atoms with E-state index < -0.39 is 29.2 Å². The monoisotopic (exact) mass is 345 g/mol. The van der Waals surface area contributed by atoms with E-state index in [1.165, 1.54) is 24.3 Å². The van der Waals surface area contributed by atoms with Gasteiger partial charge in [0.05, 0.1) is 5.92 Å². The van der Waals surface area contributed by atoms with Crippen molar-refractivity contribution in [3.05, 3.63) is 58.3 Å². The first-order chi connectivity index (χ1) is 12.0. The van der Waals surface area contributed by atoms with Gasteiger partial charge in [0.25, 0.3) is 11.5 Å². The molecule has 0 unspecified atom stereocenters. The van der Waals surface area contributed by atoms with E-state index >= 15 is 0 Å². The van der Waals surface area contributed by atoms with Crippen molar-refractivity contribution < 1.29 is 19.1 Å². The maximum absolute atomic E-state index is 13.9. The molecule has 1 amide bonds. The van der Waals surface area contributed by atoms with E-state index in [2.05, 4.69) is 10.4 Å². The summed E-state index contributed by atoms with van der Waals surface area (Å²) in [6.07, 6.45) is 1.42. The smallest absolute Gasteiger partial charge is 0.306 e. The minimum Gasteiger partial charge on any atom is -0.481 e. The number of aromatic nitrogens is 2. The number of nitrogens with zero attached hydrogens (tertiary/aromatic N) is 2. The molecule has 1 aromatic heterocycles. The molecular formula is C17H16FN3O4. The molecule has 1 fully saturated rings. The zero-order chi connectivity index (χ0) is 18.0. The normalized spacial score (nSPS) is 19.6. The Kier molecular flexibility index (Phi) is 4.60. The van der Waals surface area contributed by atoms with Crippen LogP contribution in [-0.2, 0) is 4.79 Å². The van der Waals surface area contributed by atoms with Gasteiger partial charge < -0.3 is 10.4 Å². The molecule has 0 aliphatic heterocycles. The lowest BCUT2D eigenvalue weighted by atomic mass is 10.1. The van der Waals surface area contributed by atoms with Crippen LogP contribution in [0.2, 0.25) is 0 Å². The molecule has 2 atom stereocenters.